The summed E-state index contributed by atoms with van der Waals surface area (Å²) in [6.45, 7) is 15.7. The number of ether oxygens (including phenoxy) is 1. The number of aliphatic carboxylic acids is 1. The molecule has 1 amide bonds. The van der Waals surface area contributed by atoms with Crippen LogP contribution in [0.1, 0.15) is 64.5 Å². The summed E-state index contributed by atoms with van der Waals surface area (Å²) in [5.74, 6) is -0.411. The Balaban J connectivity index is 1.90. The molecular weight excluding hydrogens is 464 g/mol. The number of carboxylic acid groups (broad SMARTS) is 1. The normalized spacial score (nSPS) is 11.8. The van der Waals surface area contributed by atoms with Gasteiger partial charge < -0.3 is 15.2 Å². The zero-order valence-electron chi connectivity index (χ0n) is 21.6. The summed E-state index contributed by atoms with van der Waals surface area (Å²) < 4.78 is 5.86. The maximum atomic E-state index is 13.5. The Morgan fingerprint density at radius 2 is 1.78 bits per heavy atom. The Bertz CT molecular complexity index is 1330. The van der Waals surface area contributed by atoms with E-state index in [0.717, 1.165) is 29.2 Å². The van der Waals surface area contributed by atoms with Gasteiger partial charge in [0.25, 0.3) is 5.91 Å². The van der Waals surface area contributed by atoms with Crippen molar-refractivity contribution in [3.63, 3.8) is 0 Å². The van der Waals surface area contributed by atoms with Gasteiger partial charge in [-0.3, -0.25) is 4.79 Å². The molecular formula is C31H32N2O4. The fourth-order valence-corrected chi connectivity index (χ4v) is 4.21. The van der Waals surface area contributed by atoms with Crippen molar-refractivity contribution in [1.29, 1.82) is 0 Å². The van der Waals surface area contributed by atoms with Gasteiger partial charge in [0.05, 0.1) is 12.6 Å². The number of carbonyl (C=O) groups excluding carboxylic acids is 1. The quantitative estimate of drug-likeness (QED) is 0.233. The summed E-state index contributed by atoms with van der Waals surface area (Å²) in [7, 11) is 0. The zero-order chi connectivity index (χ0) is 26.9. The summed E-state index contributed by atoms with van der Waals surface area (Å²) in [5, 5.41) is 12.3. The van der Waals surface area contributed by atoms with Crippen molar-refractivity contribution < 1.29 is 19.4 Å². The molecule has 37 heavy (non-hydrogen) atoms. The molecule has 6 nitrogen and oxygen atoms in total. The van der Waals surface area contributed by atoms with Gasteiger partial charge in [0.1, 0.15) is 12.4 Å². The Morgan fingerprint density at radius 3 is 2.43 bits per heavy atom. The first-order valence-corrected chi connectivity index (χ1v) is 12.2. The van der Waals surface area contributed by atoms with Crippen LogP contribution in [-0.2, 0) is 11.4 Å². The number of aryl methyl sites for hydroxylation is 2. The van der Waals surface area contributed by atoms with Crippen molar-refractivity contribution in [3.8, 4) is 5.75 Å². The van der Waals surface area contributed by atoms with Gasteiger partial charge in [-0.2, -0.15) is 0 Å². The molecule has 0 aliphatic rings. The highest BCUT2D eigenvalue weighted by Crippen LogP contribution is 2.25. The molecule has 0 bridgehead atoms. The first-order valence-electron chi connectivity index (χ1n) is 12.2. The first kappa shape index (κ1) is 27.2. The number of nitrogens with one attached hydrogen (secondary N) is 1. The molecule has 0 radical (unpaired) electrons. The summed E-state index contributed by atoms with van der Waals surface area (Å²) in [6, 6.07) is 18.2. The number of hydrogen-bond acceptors (Lipinski definition) is 3. The van der Waals surface area contributed by atoms with Gasteiger partial charge in [0, 0.05) is 11.6 Å². The lowest BCUT2D eigenvalue weighted by Gasteiger charge is -2.22. The van der Waals surface area contributed by atoms with Crippen molar-refractivity contribution in [2.75, 3.05) is 0 Å². The van der Waals surface area contributed by atoms with E-state index in [9.17, 15) is 9.59 Å². The molecule has 0 saturated heterocycles. The third kappa shape index (κ3) is 8.36. The van der Waals surface area contributed by atoms with E-state index in [1.165, 1.54) is 6.08 Å². The fraction of sp³-hybridized carbons (Fsp3) is 0.258. The van der Waals surface area contributed by atoms with Crippen molar-refractivity contribution in [2.24, 2.45) is 5.92 Å². The molecule has 0 fully saturated rings. The highest BCUT2D eigenvalue weighted by Gasteiger charge is 2.19. The number of carboxylic acids is 1. The largest absolute Gasteiger partial charge is 0.490 e. The monoisotopic (exact) mass is 496 g/mol. The lowest BCUT2D eigenvalue weighted by molar-refractivity contribution is -0.131. The van der Waals surface area contributed by atoms with Crippen molar-refractivity contribution in [2.45, 2.75) is 46.8 Å². The molecule has 1 unspecified atom stereocenters. The minimum Gasteiger partial charge on any atom is -0.490 e. The van der Waals surface area contributed by atoms with Crippen LogP contribution in [0.2, 0.25) is 0 Å². The number of benzene rings is 3. The number of amides is 1. The van der Waals surface area contributed by atoms with Crippen LogP contribution in [0.25, 0.3) is 10.9 Å². The van der Waals surface area contributed by atoms with Gasteiger partial charge in [0.15, 0.2) is 5.69 Å². The Hall–Kier alpha value is -4.37. The van der Waals surface area contributed by atoms with Gasteiger partial charge >= 0.3 is 5.97 Å². The van der Waals surface area contributed by atoms with Crippen LogP contribution in [0.4, 0.5) is 5.69 Å². The SMILES string of the molecule is [C-]#[N+]c1cccc(OCc2cc(/C=C/C(=O)O)cc(C(=O)NC(CC(C)C)c3cc(C)cc(C)c3)c2)c1. The molecule has 0 aliphatic carbocycles. The lowest BCUT2D eigenvalue weighted by atomic mass is 9.94. The van der Waals surface area contributed by atoms with Crippen molar-refractivity contribution in [1.82, 2.24) is 5.32 Å². The third-order valence-corrected chi connectivity index (χ3v) is 5.71. The summed E-state index contributed by atoms with van der Waals surface area (Å²) in [6.07, 6.45) is 3.27. The molecule has 190 valence electrons. The van der Waals surface area contributed by atoms with E-state index in [0.29, 0.717) is 34.0 Å². The van der Waals surface area contributed by atoms with E-state index in [1.54, 1.807) is 42.5 Å². The topological polar surface area (TPSA) is 80.0 Å². The van der Waals surface area contributed by atoms with E-state index >= 15 is 0 Å². The van der Waals surface area contributed by atoms with E-state index in [1.807, 2.05) is 13.8 Å². The van der Waals surface area contributed by atoms with Crippen molar-refractivity contribution in [3.05, 3.63) is 112 Å². The lowest BCUT2D eigenvalue weighted by Crippen LogP contribution is -2.30. The van der Waals surface area contributed by atoms with E-state index < -0.39 is 5.97 Å². The highest BCUT2D eigenvalue weighted by atomic mass is 16.5. The van der Waals surface area contributed by atoms with Crippen LogP contribution >= 0.6 is 0 Å². The predicted molar refractivity (Wildman–Crippen MR) is 146 cm³/mol. The van der Waals surface area contributed by atoms with Gasteiger partial charge in [-0.05, 0) is 79.3 Å². The number of nitrogens with zero attached hydrogens (tertiary/aromatic N) is 1. The first-order chi connectivity index (χ1) is 17.6. The fourth-order valence-electron chi connectivity index (χ4n) is 4.21. The molecule has 0 saturated carbocycles. The Kier molecular flexibility index (Phi) is 9.23. The average molecular weight is 497 g/mol. The van der Waals surface area contributed by atoms with E-state index in [4.69, 9.17) is 16.4 Å². The predicted octanol–water partition coefficient (Wildman–Crippen LogP) is 7.05. The second-order valence-electron chi connectivity index (χ2n) is 9.61. The average Bonchev–Trinajstić information content (AvgIpc) is 2.85. The standard InChI is InChI=1S/C31H32N2O4/c1-20(2)11-29(25-13-21(3)12-22(4)14-25)33-31(36)26-16-23(9-10-30(34)35)15-24(17-26)19-37-28-8-6-7-27(18-28)32-5/h6-10,12-18,20,29H,11,19H2,1-4H3,(H,33,36)(H,34,35)/b10-9+. The van der Waals surface area contributed by atoms with Crippen LogP contribution in [0.5, 0.6) is 5.75 Å². The summed E-state index contributed by atoms with van der Waals surface area (Å²) in [4.78, 5) is 28.0. The number of rotatable bonds is 10. The molecule has 3 rings (SSSR count). The maximum Gasteiger partial charge on any atom is 0.328 e. The zero-order valence-corrected chi connectivity index (χ0v) is 21.6. The van der Waals surface area contributed by atoms with Crippen LogP contribution < -0.4 is 10.1 Å². The van der Waals surface area contributed by atoms with Crippen LogP contribution in [0.15, 0.2) is 66.7 Å². The van der Waals surface area contributed by atoms with Gasteiger partial charge in [-0.1, -0.05) is 55.3 Å². The summed E-state index contributed by atoms with van der Waals surface area (Å²) >= 11 is 0. The molecule has 0 heterocycles. The van der Waals surface area contributed by atoms with E-state index in [-0.39, 0.29) is 18.6 Å². The minimum absolute atomic E-state index is 0.156. The molecule has 0 aromatic heterocycles. The Morgan fingerprint density at radius 1 is 1.05 bits per heavy atom. The van der Waals surface area contributed by atoms with Crippen LogP contribution in [0.3, 0.4) is 0 Å². The molecule has 6 heteroatoms. The molecule has 0 spiro atoms. The second kappa shape index (κ2) is 12.5. The molecule has 0 aliphatic heterocycles. The second-order valence-corrected chi connectivity index (χ2v) is 9.61. The van der Waals surface area contributed by atoms with Gasteiger partial charge in [-0.25, -0.2) is 9.64 Å². The van der Waals surface area contributed by atoms with Gasteiger partial charge in [0.2, 0.25) is 0 Å². The maximum absolute atomic E-state index is 13.5. The highest BCUT2D eigenvalue weighted by molar-refractivity contribution is 5.95. The molecule has 1 atom stereocenters. The molecule has 2 N–H and O–H groups in total. The molecule has 3 aromatic rings. The minimum atomic E-state index is -1.07. The van der Waals surface area contributed by atoms with Gasteiger partial charge in [-0.15, -0.1) is 0 Å². The van der Waals surface area contributed by atoms with E-state index in [2.05, 4.69) is 42.2 Å². The summed E-state index contributed by atoms with van der Waals surface area (Å²) in [5.41, 5.74) is 5.51. The van der Waals surface area contributed by atoms with Crippen molar-refractivity contribution >= 4 is 23.6 Å². The third-order valence-electron chi connectivity index (χ3n) is 5.71. The Labute approximate surface area is 218 Å². The smallest absolute Gasteiger partial charge is 0.328 e. The number of carbonyl (C=O) groups is 2. The van der Waals surface area contributed by atoms with Crippen LogP contribution in [0, 0.1) is 26.3 Å². The molecule has 3 aromatic carbocycles. The number of hydrogen-bond donors (Lipinski definition) is 2. The van der Waals surface area contributed by atoms with Crippen LogP contribution in [-0.4, -0.2) is 17.0 Å².